The number of hydrogen-bond acceptors (Lipinski definition) is 1. The Morgan fingerprint density at radius 2 is 1.56 bits per heavy atom. The van der Waals surface area contributed by atoms with Crippen LogP contribution in [0.3, 0.4) is 0 Å². The van der Waals surface area contributed by atoms with Crippen molar-refractivity contribution in [3.05, 3.63) is 59.7 Å². The fraction of sp³-hybridized carbons (Fsp3) is 0. The van der Waals surface area contributed by atoms with E-state index in [9.17, 15) is 13.6 Å². The first-order chi connectivity index (χ1) is 7.74. The average molecular weight is 218 g/mol. The molecule has 0 atom stereocenters. The van der Waals surface area contributed by atoms with Gasteiger partial charge in [0, 0.05) is 16.7 Å². The maximum absolute atomic E-state index is 13.6. The summed E-state index contributed by atoms with van der Waals surface area (Å²) < 4.78 is 27.1. The van der Waals surface area contributed by atoms with Gasteiger partial charge in [-0.15, -0.1) is 0 Å². The van der Waals surface area contributed by atoms with Crippen molar-refractivity contribution in [2.45, 2.75) is 0 Å². The molecule has 0 fully saturated rings. The molecule has 0 aliphatic carbocycles. The summed E-state index contributed by atoms with van der Waals surface area (Å²) in [5, 5.41) is 0. The largest absolute Gasteiger partial charge is 0.298 e. The highest BCUT2D eigenvalue weighted by atomic mass is 19.1. The summed E-state index contributed by atoms with van der Waals surface area (Å²) >= 11 is 0. The summed E-state index contributed by atoms with van der Waals surface area (Å²) in [5.74, 6) is -1.15. The normalized spacial score (nSPS) is 10.1. The Morgan fingerprint density at radius 3 is 2.25 bits per heavy atom. The molecule has 2 rings (SSSR count). The molecule has 0 saturated heterocycles. The molecule has 0 aliphatic heterocycles. The number of carbonyl (C=O) groups is 1. The Morgan fingerprint density at radius 1 is 0.875 bits per heavy atom. The minimum Gasteiger partial charge on any atom is -0.298 e. The van der Waals surface area contributed by atoms with E-state index >= 15 is 0 Å². The molecule has 0 unspecified atom stereocenters. The zero-order chi connectivity index (χ0) is 11.5. The van der Waals surface area contributed by atoms with Crippen molar-refractivity contribution in [3.63, 3.8) is 0 Å². The van der Waals surface area contributed by atoms with Gasteiger partial charge in [0.05, 0.1) is 0 Å². The molecular formula is C13H8F2O. The first-order valence-corrected chi connectivity index (χ1v) is 4.72. The van der Waals surface area contributed by atoms with Crippen molar-refractivity contribution in [1.29, 1.82) is 0 Å². The monoisotopic (exact) mass is 218 g/mol. The molecule has 3 heteroatoms. The molecule has 0 spiro atoms. The van der Waals surface area contributed by atoms with Crippen LogP contribution in [-0.4, -0.2) is 6.29 Å². The maximum Gasteiger partial charge on any atom is 0.150 e. The minimum absolute atomic E-state index is 0.00981. The summed E-state index contributed by atoms with van der Waals surface area (Å²) in [5.41, 5.74) is 0.253. The third-order valence-corrected chi connectivity index (χ3v) is 2.32. The number of hydrogen-bond donors (Lipinski definition) is 0. The Balaban J connectivity index is 2.73. The summed E-state index contributed by atoms with van der Waals surface area (Å²) in [6.45, 7) is 0. The predicted molar refractivity (Wildman–Crippen MR) is 57.2 cm³/mol. The molecule has 2 aromatic rings. The molecule has 0 saturated carbocycles. The van der Waals surface area contributed by atoms with Gasteiger partial charge in [0.25, 0.3) is 0 Å². The molecule has 0 heterocycles. The van der Waals surface area contributed by atoms with Crippen LogP contribution in [0.4, 0.5) is 8.78 Å². The van der Waals surface area contributed by atoms with Gasteiger partial charge in [-0.1, -0.05) is 30.3 Å². The highest BCUT2D eigenvalue weighted by Gasteiger charge is 2.13. The van der Waals surface area contributed by atoms with Gasteiger partial charge in [0.15, 0.2) is 6.29 Å². The molecule has 80 valence electrons. The first kappa shape index (κ1) is 10.5. The van der Waals surface area contributed by atoms with Crippen LogP contribution >= 0.6 is 0 Å². The van der Waals surface area contributed by atoms with E-state index in [-0.39, 0.29) is 16.7 Å². The van der Waals surface area contributed by atoms with Crippen LogP contribution in [-0.2, 0) is 0 Å². The summed E-state index contributed by atoms with van der Waals surface area (Å²) in [6, 6.07) is 9.87. The molecule has 0 aromatic heterocycles. The predicted octanol–water partition coefficient (Wildman–Crippen LogP) is 3.44. The topological polar surface area (TPSA) is 17.1 Å². The second-order valence-electron chi connectivity index (χ2n) is 3.30. The number of halogens is 2. The summed E-state index contributed by atoms with van der Waals surface area (Å²) in [4.78, 5) is 10.8. The number of benzene rings is 2. The summed E-state index contributed by atoms with van der Waals surface area (Å²) in [6.07, 6.45) is 0.519. The Bertz CT molecular complexity index is 535. The van der Waals surface area contributed by atoms with Gasteiger partial charge in [-0.05, 0) is 12.1 Å². The third kappa shape index (κ3) is 1.72. The minimum atomic E-state index is -0.602. The van der Waals surface area contributed by atoms with Crippen LogP contribution in [0, 0.1) is 11.6 Å². The fourth-order valence-corrected chi connectivity index (χ4v) is 1.59. The van der Waals surface area contributed by atoms with E-state index in [1.807, 2.05) is 0 Å². The van der Waals surface area contributed by atoms with Crippen LogP contribution in [0.1, 0.15) is 10.4 Å². The van der Waals surface area contributed by atoms with Gasteiger partial charge in [-0.25, -0.2) is 8.78 Å². The van der Waals surface area contributed by atoms with E-state index in [0.29, 0.717) is 6.29 Å². The van der Waals surface area contributed by atoms with Crippen LogP contribution in [0.25, 0.3) is 11.1 Å². The Kier molecular flexibility index (Phi) is 2.77. The van der Waals surface area contributed by atoms with Gasteiger partial charge in [-0.3, -0.25) is 4.79 Å². The molecule has 2 aromatic carbocycles. The van der Waals surface area contributed by atoms with Gasteiger partial charge in [-0.2, -0.15) is 0 Å². The van der Waals surface area contributed by atoms with Crippen molar-refractivity contribution in [3.8, 4) is 11.1 Å². The Hall–Kier alpha value is -2.03. The van der Waals surface area contributed by atoms with E-state index in [4.69, 9.17) is 0 Å². The number of aldehydes is 1. The lowest BCUT2D eigenvalue weighted by molar-refractivity contribution is 0.112. The van der Waals surface area contributed by atoms with E-state index in [1.165, 1.54) is 36.4 Å². The third-order valence-electron chi connectivity index (χ3n) is 2.32. The second kappa shape index (κ2) is 4.23. The quantitative estimate of drug-likeness (QED) is 0.705. The molecule has 0 N–H and O–H groups in total. The maximum atomic E-state index is 13.6. The summed E-state index contributed by atoms with van der Waals surface area (Å²) in [7, 11) is 0. The first-order valence-electron chi connectivity index (χ1n) is 4.72. The van der Waals surface area contributed by atoms with Crippen molar-refractivity contribution in [2.75, 3.05) is 0 Å². The van der Waals surface area contributed by atoms with Crippen LogP contribution in [0.15, 0.2) is 42.5 Å². The van der Waals surface area contributed by atoms with Crippen LogP contribution in [0.2, 0.25) is 0 Å². The van der Waals surface area contributed by atoms with E-state index in [2.05, 4.69) is 0 Å². The van der Waals surface area contributed by atoms with E-state index < -0.39 is 11.6 Å². The lowest BCUT2D eigenvalue weighted by atomic mass is 9.99. The van der Waals surface area contributed by atoms with Crippen molar-refractivity contribution < 1.29 is 13.6 Å². The van der Waals surface area contributed by atoms with Crippen LogP contribution in [0.5, 0.6) is 0 Å². The zero-order valence-electron chi connectivity index (χ0n) is 8.28. The van der Waals surface area contributed by atoms with Crippen molar-refractivity contribution in [2.24, 2.45) is 0 Å². The SMILES string of the molecule is O=Cc1cccc(F)c1-c1ccccc1F. The van der Waals surface area contributed by atoms with Gasteiger partial charge in [0.2, 0.25) is 0 Å². The molecule has 0 amide bonds. The average Bonchev–Trinajstić information content (AvgIpc) is 2.30. The molecular weight excluding hydrogens is 210 g/mol. The van der Waals surface area contributed by atoms with E-state index in [1.54, 1.807) is 6.07 Å². The molecule has 16 heavy (non-hydrogen) atoms. The second-order valence-corrected chi connectivity index (χ2v) is 3.30. The standard InChI is InChI=1S/C13H8F2O/c14-11-6-2-1-5-10(11)13-9(8-16)4-3-7-12(13)15/h1-8H. The Labute approximate surface area is 91.3 Å². The van der Waals surface area contributed by atoms with E-state index in [0.717, 1.165) is 0 Å². The molecule has 1 nitrogen and oxygen atoms in total. The highest BCUT2D eigenvalue weighted by molar-refractivity contribution is 5.87. The smallest absolute Gasteiger partial charge is 0.150 e. The molecule has 0 aliphatic rings. The fourth-order valence-electron chi connectivity index (χ4n) is 1.59. The molecule has 0 radical (unpaired) electrons. The number of carbonyl (C=O) groups excluding carboxylic acids is 1. The zero-order valence-corrected chi connectivity index (χ0v) is 8.28. The highest BCUT2D eigenvalue weighted by Crippen LogP contribution is 2.27. The van der Waals surface area contributed by atoms with Crippen LogP contribution < -0.4 is 0 Å². The van der Waals surface area contributed by atoms with Gasteiger partial charge in [0.1, 0.15) is 11.6 Å². The molecule has 0 bridgehead atoms. The van der Waals surface area contributed by atoms with Gasteiger partial charge >= 0.3 is 0 Å². The van der Waals surface area contributed by atoms with Crippen molar-refractivity contribution in [1.82, 2.24) is 0 Å². The van der Waals surface area contributed by atoms with Gasteiger partial charge < -0.3 is 0 Å². The number of rotatable bonds is 2. The lowest BCUT2D eigenvalue weighted by Gasteiger charge is -2.07. The lowest BCUT2D eigenvalue weighted by Crippen LogP contribution is -1.94. The van der Waals surface area contributed by atoms with Crippen molar-refractivity contribution >= 4 is 6.29 Å².